The minimum absolute atomic E-state index is 0.139. The Bertz CT molecular complexity index is 1190. The number of H-pyrrole nitrogens is 1. The fraction of sp³-hybridized carbons (Fsp3) is 0.500. The molecule has 0 spiro atoms. The molecule has 3 rings (SSSR count). The van der Waals surface area contributed by atoms with Crippen LogP contribution >= 0.6 is 0 Å². The Morgan fingerprint density at radius 2 is 1.84 bits per heavy atom. The molecular weight excluding hydrogens is 398 g/mol. The first-order chi connectivity index (χ1) is 14.5. The molecule has 2 aliphatic rings. The van der Waals surface area contributed by atoms with Crippen molar-refractivity contribution in [3.63, 3.8) is 0 Å². The van der Waals surface area contributed by atoms with Crippen molar-refractivity contribution in [1.29, 1.82) is 0 Å². The van der Waals surface area contributed by atoms with Crippen LogP contribution in [-0.4, -0.2) is 44.2 Å². The summed E-state index contributed by atoms with van der Waals surface area (Å²) in [5.74, 6) is 0.0482. The lowest BCUT2D eigenvalue weighted by atomic mass is 10.1. The molecule has 0 radical (unpaired) electrons. The molecule has 2 heterocycles. The SMILES string of the molecule is Cc1cc2nc3c(=O)[nH]c(=O)nc-3n(CCNCCCC(=O)OC(C)(C)C)c2cc1C. The first kappa shape index (κ1) is 22.6. The fourth-order valence-corrected chi connectivity index (χ4v) is 3.34. The second kappa shape index (κ2) is 8.97. The summed E-state index contributed by atoms with van der Waals surface area (Å²) in [6, 6.07) is 3.92. The number of fused-ring (bicyclic) bond motifs is 2. The topological polar surface area (TPSA) is 119 Å². The second-order valence-electron chi connectivity index (χ2n) is 8.67. The van der Waals surface area contributed by atoms with Gasteiger partial charge < -0.3 is 14.6 Å². The van der Waals surface area contributed by atoms with Crippen LogP contribution in [0.2, 0.25) is 0 Å². The summed E-state index contributed by atoms with van der Waals surface area (Å²) in [4.78, 5) is 46.6. The third-order valence-electron chi connectivity index (χ3n) is 4.89. The molecule has 0 fully saturated rings. The zero-order valence-electron chi connectivity index (χ0n) is 18.7. The Balaban J connectivity index is 1.76. The van der Waals surface area contributed by atoms with Crippen molar-refractivity contribution in [2.75, 3.05) is 13.1 Å². The van der Waals surface area contributed by atoms with Crippen LogP contribution in [-0.2, 0) is 16.1 Å². The van der Waals surface area contributed by atoms with E-state index in [1.54, 1.807) is 0 Å². The highest BCUT2D eigenvalue weighted by molar-refractivity contribution is 5.81. The minimum Gasteiger partial charge on any atom is -0.460 e. The number of nitrogens with zero attached hydrogens (tertiary/aromatic N) is 3. The lowest BCUT2D eigenvalue weighted by Crippen LogP contribution is -2.30. The van der Waals surface area contributed by atoms with Crippen LogP contribution in [0.4, 0.5) is 0 Å². The van der Waals surface area contributed by atoms with Crippen LogP contribution in [0, 0.1) is 13.8 Å². The van der Waals surface area contributed by atoms with Crippen molar-refractivity contribution in [1.82, 2.24) is 24.8 Å². The zero-order valence-corrected chi connectivity index (χ0v) is 18.7. The van der Waals surface area contributed by atoms with E-state index >= 15 is 0 Å². The maximum absolute atomic E-state index is 12.3. The highest BCUT2D eigenvalue weighted by Crippen LogP contribution is 2.23. The number of aryl methyl sites for hydroxylation is 2. The average Bonchev–Trinajstić information content (AvgIpc) is 2.64. The monoisotopic (exact) mass is 427 g/mol. The largest absolute Gasteiger partial charge is 0.460 e. The Morgan fingerprint density at radius 1 is 1.13 bits per heavy atom. The first-order valence-corrected chi connectivity index (χ1v) is 10.4. The van der Waals surface area contributed by atoms with Crippen molar-refractivity contribution >= 4 is 17.0 Å². The zero-order chi connectivity index (χ0) is 22.8. The number of rotatable bonds is 7. The van der Waals surface area contributed by atoms with Crippen LogP contribution in [0.5, 0.6) is 0 Å². The predicted octanol–water partition coefficient (Wildman–Crippen LogP) is 1.91. The molecule has 2 N–H and O–H groups in total. The minimum atomic E-state index is -0.693. The molecule has 1 aromatic rings. The number of carbonyl (C=O) groups excluding carboxylic acids is 1. The molecule has 31 heavy (non-hydrogen) atoms. The van der Waals surface area contributed by atoms with Gasteiger partial charge in [-0.05, 0) is 70.8 Å². The summed E-state index contributed by atoms with van der Waals surface area (Å²) >= 11 is 0. The van der Waals surface area contributed by atoms with Crippen LogP contribution in [0.3, 0.4) is 0 Å². The lowest BCUT2D eigenvalue weighted by molar-refractivity contribution is -0.154. The van der Waals surface area contributed by atoms with Crippen LogP contribution in [0.1, 0.15) is 44.7 Å². The second-order valence-corrected chi connectivity index (χ2v) is 8.67. The lowest BCUT2D eigenvalue weighted by Gasteiger charge is -2.19. The summed E-state index contributed by atoms with van der Waals surface area (Å²) < 4.78 is 7.15. The van der Waals surface area contributed by atoms with Gasteiger partial charge in [-0.1, -0.05) is 0 Å². The molecule has 0 aliphatic carbocycles. The first-order valence-electron chi connectivity index (χ1n) is 10.4. The highest BCUT2D eigenvalue weighted by atomic mass is 16.6. The van der Waals surface area contributed by atoms with Gasteiger partial charge in [-0.15, -0.1) is 0 Å². The van der Waals surface area contributed by atoms with Crippen LogP contribution in [0.15, 0.2) is 21.7 Å². The average molecular weight is 428 g/mol. The summed E-state index contributed by atoms with van der Waals surface area (Å²) in [5, 5.41) is 3.30. The molecule has 9 heteroatoms. The van der Waals surface area contributed by atoms with Gasteiger partial charge in [-0.2, -0.15) is 4.98 Å². The van der Waals surface area contributed by atoms with Gasteiger partial charge in [0.05, 0.1) is 11.0 Å². The molecule has 0 unspecified atom stereocenters. The van der Waals surface area contributed by atoms with Gasteiger partial charge in [0.2, 0.25) is 0 Å². The third-order valence-corrected chi connectivity index (χ3v) is 4.89. The van der Waals surface area contributed by atoms with Gasteiger partial charge in [0, 0.05) is 19.5 Å². The van der Waals surface area contributed by atoms with Gasteiger partial charge >= 0.3 is 11.7 Å². The van der Waals surface area contributed by atoms with Crippen molar-refractivity contribution < 1.29 is 9.53 Å². The molecule has 1 aromatic carbocycles. The highest BCUT2D eigenvalue weighted by Gasteiger charge is 2.19. The van der Waals surface area contributed by atoms with Crippen molar-refractivity contribution in [2.45, 2.75) is 59.6 Å². The molecule has 166 valence electrons. The van der Waals surface area contributed by atoms with E-state index in [1.807, 2.05) is 51.3 Å². The third kappa shape index (κ3) is 5.55. The Labute approximate surface area is 180 Å². The number of hydrogen-bond donors (Lipinski definition) is 2. The number of aromatic nitrogens is 4. The Morgan fingerprint density at radius 3 is 2.55 bits per heavy atom. The molecule has 0 saturated carbocycles. The van der Waals surface area contributed by atoms with Crippen LogP contribution in [0.25, 0.3) is 22.6 Å². The number of aromatic amines is 1. The van der Waals surface area contributed by atoms with Gasteiger partial charge in [0.1, 0.15) is 5.60 Å². The molecule has 0 atom stereocenters. The number of hydrogen-bond acceptors (Lipinski definition) is 7. The van der Waals surface area contributed by atoms with Gasteiger partial charge in [0.15, 0.2) is 11.5 Å². The van der Waals surface area contributed by atoms with E-state index in [-0.39, 0.29) is 17.5 Å². The van der Waals surface area contributed by atoms with Gasteiger partial charge in [-0.3, -0.25) is 14.6 Å². The van der Waals surface area contributed by atoms with E-state index in [1.165, 1.54) is 0 Å². The fourth-order valence-electron chi connectivity index (χ4n) is 3.34. The van der Waals surface area contributed by atoms with Gasteiger partial charge in [0.25, 0.3) is 5.56 Å². The van der Waals surface area contributed by atoms with Crippen molar-refractivity contribution in [3.05, 3.63) is 44.1 Å². The van der Waals surface area contributed by atoms with Crippen LogP contribution < -0.4 is 16.6 Å². The molecule has 0 amide bonds. The Hall–Kier alpha value is -3.07. The normalized spacial score (nSPS) is 11.9. The molecule has 9 nitrogen and oxygen atoms in total. The molecule has 0 aromatic heterocycles. The molecule has 2 aliphatic heterocycles. The number of carbonyl (C=O) groups is 1. The van der Waals surface area contributed by atoms with E-state index in [4.69, 9.17) is 4.74 Å². The predicted molar refractivity (Wildman–Crippen MR) is 118 cm³/mol. The van der Waals surface area contributed by atoms with E-state index in [0.29, 0.717) is 38.0 Å². The molecular formula is C22H29N5O4. The van der Waals surface area contributed by atoms with E-state index in [2.05, 4.69) is 20.3 Å². The number of nitrogens with one attached hydrogen (secondary N) is 2. The summed E-state index contributed by atoms with van der Waals surface area (Å²) in [7, 11) is 0. The van der Waals surface area contributed by atoms with Crippen molar-refractivity contribution in [3.8, 4) is 11.5 Å². The molecule has 0 bridgehead atoms. The molecule has 0 saturated heterocycles. The maximum Gasteiger partial charge on any atom is 0.349 e. The number of benzene rings is 1. The van der Waals surface area contributed by atoms with E-state index < -0.39 is 16.9 Å². The smallest absolute Gasteiger partial charge is 0.349 e. The maximum atomic E-state index is 12.3. The number of ether oxygens (including phenoxy) is 1. The van der Waals surface area contributed by atoms with Crippen molar-refractivity contribution in [2.24, 2.45) is 0 Å². The van der Waals surface area contributed by atoms with Gasteiger partial charge in [-0.25, -0.2) is 9.78 Å². The quantitative estimate of drug-likeness (QED) is 0.336. The number of esters is 1. The van der Waals surface area contributed by atoms with E-state index in [0.717, 1.165) is 16.6 Å². The standard InChI is InChI=1S/C22H29N5O4/c1-13-11-15-16(12-14(13)2)27(19-18(24-15)20(29)26-21(30)25-19)10-9-23-8-6-7-17(28)31-22(3,4)5/h11-12,23H,6-10H2,1-5H3,(H,26,29,30). The summed E-state index contributed by atoms with van der Waals surface area (Å²) in [6.07, 6.45) is 0.992. The Kier molecular flexibility index (Phi) is 6.54. The summed E-state index contributed by atoms with van der Waals surface area (Å²) in [5.41, 5.74) is 2.05. The summed E-state index contributed by atoms with van der Waals surface area (Å²) in [6.45, 7) is 11.2. The van der Waals surface area contributed by atoms with E-state index in [9.17, 15) is 14.4 Å².